The summed E-state index contributed by atoms with van der Waals surface area (Å²) in [5, 5.41) is 11.4. The van der Waals surface area contributed by atoms with Crippen molar-refractivity contribution in [3.05, 3.63) is 41.1 Å². The van der Waals surface area contributed by atoms with Gasteiger partial charge in [-0.3, -0.25) is 0 Å². The lowest BCUT2D eigenvalue weighted by molar-refractivity contribution is -0.138. The second kappa shape index (κ2) is 10.8. The minimum absolute atomic E-state index is 0.215. The molecule has 204 valence electrons. The van der Waals surface area contributed by atoms with Gasteiger partial charge in [0.15, 0.2) is 17.3 Å². The molecule has 2 fully saturated rings. The normalized spacial score (nSPS) is 17.5. The van der Waals surface area contributed by atoms with Gasteiger partial charge in [0.05, 0.1) is 30.8 Å². The van der Waals surface area contributed by atoms with Crippen molar-refractivity contribution in [3.63, 3.8) is 0 Å². The molecule has 12 heteroatoms. The number of halogens is 3. The monoisotopic (exact) mass is 530 g/mol. The van der Waals surface area contributed by atoms with Crippen molar-refractivity contribution in [2.24, 2.45) is 4.99 Å². The minimum atomic E-state index is -4.46. The fourth-order valence-corrected chi connectivity index (χ4v) is 5.06. The van der Waals surface area contributed by atoms with Crippen LogP contribution in [-0.2, 0) is 10.9 Å². The van der Waals surface area contributed by atoms with Crippen LogP contribution >= 0.6 is 0 Å². The fourth-order valence-electron chi connectivity index (χ4n) is 5.06. The molecule has 4 heterocycles. The van der Waals surface area contributed by atoms with Crippen molar-refractivity contribution in [2.45, 2.75) is 31.9 Å². The van der Waals surface area contributed by atoms with Crippen molar-refractivity contribution in [2.75, 3.05) is 63.7 Å². The first-order chi connectivity index (χ1) is 18.2. The maximum Gasteiger partial charge on any atom is 0.416 e. The Morgan fingerprint density at radius 1 is 1.18 bits per heavy atom. The van der Waals surface area contributed by atoms with Gasteiger partial charge in [0, 0.05) is 38.9 Å². The van der Waals surface area contributed by atoms with Crippen LogP contribution in [0.1, 0.15) is 35.6 Å². The number of hydrogen-bond donors (Lipinski definition) is 2. The van der Waals surface area contributed by atoms with E-state index in [-0.39, 0.29) is 5.92 Å². The van der Waals surface area contributed by atoms with Crippen LogP contribution in [-0.4, -0.2) is 79.3 Å². The second-order valence-electron chi connectivity index (χ2n) is 9.89. The first kappa shape index (κ1) is 26.2. The van der Waals surface area contributed by atoms with E-state index < -0.39 is 11.7 Å². The molecule has 0 saturated carbocycles. The number of aryl methyl sites for hydroxylation is 1. The molecule has 2 aliphatic heterocycles. The smallest absolute Gasteiger partial charge is 0.378 e. The molecular formula is C26H33F3N8O. The number of imidazole rings is 1. The number of aliphatic imine (C=N–C) groups is 1. The number of piperidine rings is 1. The Morgan fingerprint density at radius 3 is 2.61 bits per heavy atom. The molecule has 0 aliphatic carbocycles. The second-order valence-corrected chi connectivity index (χ2v) is 9.89. The molecule has 0 spiro atoms. The average molecular weight is 531 g/mol. The highest BCUT2D eigenvalue weighted by molar-refractivity contribution is 5.77. The Balaban J connectivity index is 1.64. The number of aromatic nitrogens is 3. The molecule has 2 aliphatic rings. The Labute approximate surface area is 219 Å². The number of nitrogens with one attached hydrogen (secondary N) is 2. The minimum Gasteiger partial charge on any atom is -0.378 e. The topological polar surface area (TPSA) is 82.3 Å². The van der Waals surface area contributed by atoms with Gasteiger partial charge in [0.25, 0.3) is 0 Å². The summed E-state index contributed by atoms with van der Waals surface area (Å²) in [6, 6.07) is 6.23. The number of alkyl halides is 3. The zero-order chi connectivity index (χ0) is 26.9. The molecule has 0 bridgehead atoms. The average Bonchev–Trinajstić information content (AvgIpc) is 3.22. The lowest BCUT2D eigenvalue weighted by Gasteiger charge is -2.29. The van der Waals surface area contributed by atoms with E-state index in [1.807, 2.05) is 32.0 Å². The van der Waals surface area contributed by atoms with Crippen LogP contribution < -0.4 is 15.5 Å². The van der Waals surface area contributed by atoms with Gasteiger partial charge in [-0.2, -0.15) is 17.7 Å². The lowest BCUT2D eigenvalue weighted by atomic mass is 9.85. The molecule has 1 aromatic carbocycles. The summed E-state index contributed by atoms with van der Waals surface area (Å²) in [4.78, 5) is 13.3. The van der Waals surface area contributed by atoms with Crippen LogP contribution in [0.4, 0.5) is 36.2 Å². The highest BCUT2D eigenvalue weighted by Crippen LogP contribution is 2.43. The highest BCUT2D eigenvalue weighted by atomic mass is 19.4. The molecule has 2 aromatic heterocycles. The van der Waals surface area contributed by atoms with E-state index in [0.717, 1.165) is 0 Å². The molecule has 2 saturated heterocycles. The molecular weight excluding hydrogens is 497 g/mol. The zero-order valence-electron chi connectivity index (χ0n) is 21.8. The summed E-state index contributed by atoms with van der Waals surface area (Å²) >= 11 is 0. The summed E-state index contributed by atoms with van der Waals surface area (Å²) in [6.45, 7) is 5.73. The lowest BCUT2D eigenvalue weighted by Crippen LogP contribution is -2.37. The van der Waals surface area contributed by atoms with Crippen LogP contribution in [0.3, 0.4) is 0 Å². The van der Waals surface area contributed by atoms with Crippen molar-refractivity contribution in [3.8, 4) is 0 Å². The third-order valence-corrected chi connectivity index (χ3v) is 6.90. The molecule has 9 nitrogen and oxygen atoms in total. The van der Waals surface area contributed by atoms with Crippen LogP contribution in [0.2, 0.25) is 0 Å². The van der Waals surface area contributed by atoms with E-state index in [2.05, 4.69) is 20.5 Å². The molecule has 3 aromatic rings. The number of anilines is 3. The van der Waals surface area contributed by atoms with Gasteiger partial charge in [0.2, 0.25) is 0 Å². The maximum absolute atomic E-state index is 14.1. The number of benzene rings is 1. The predicted molar refractivity (Wildman–Crippen MR) is 142 cm³/mol. The number of nitrogens with zero attached hydrogens (tertiary/aromatic N) is 6. The van der Waals surface area contributed by atoms with Gasteiger partial charge in [-0.05, 0) is 56.5 Å². The Kier molecular flexibility index (Phi) is 7.44. The molecule has 0 amide bonds. The molecule has 38 heavy (non-hydrogen) atoms. The summed E-state index contributed by atoms with van der Waals surface area (Å²) in [7, 11) is 3.76. The zero-order valence-corrected chi connectivity index (χ0v) is 21.8. The van der Waals surface area contributed by atoms with Crippen LogP contribution in [0.5, 0.6) is 0 Å². The third kappa shape index (κ3) is 5.41. The van der Waals surface area contributed by atoms with Crippen LogP contribution in [0.15, 0.2) is 29.3 Å². The van der Waals surface area contributed by atoms with Gasteiger partial charge in [-0.1, -0.05) is 6.07 Å². The number of morpholine rings is 1. The fraction of sp³-hybridized carbons (Fsp3) is 0.500. The van der Waals surface area contributed by atoms with Crippen LogP contribution in [0.25, 0.3) is 5.65 Å². The summed E-state index contributed by atoms with van der Waals surface area (Å²) in [6.07, 6.45) is -1.49. The number of ether oxygens (including phenoxy) is 1. The number of fused-ring (bicyclic) bond motifs is 1. The van der Waals surface area contributed by atoms with E-state index in [0.29, 0.717) is 92.1 Å². The van der Waals surface area contributed by atoms with E-state index in [1.165, 1.54) is 12.1 Å². The summed E-state index contributed by atoms with van der Waals surface area (Å²) in [5.74, 6) is 1.01. The van der Waals surface area contributed by atoms with E-state index >= 15 is 0 Å². The standard InChI is InChI=1S/C26H33F3N8O/c1-17-24(33-20-6-4-5-19(26(27,28)29)23(20)18-7-9-30-10-8-18)37-25(32-17)21(31-16-35(2)3)15-22(34-37)36-11-13-38-14-12-36/h4-6,15-16,18,30,33H,7-14H2,1-3H3. The maximum atomic E-state index is 14.1. The van der Waals surface area contributed by atoms with Gasteiger partial charge in [-0.15, -0.1) is 5.10 Å². The van der Waals surface area contributed by atoms with Crippen molar-refractivity contribution in [1.82, 2.24) is 24.8 Å². The summed E-state index contributed by atoms with van der Waals surface area (Å²) in [5.41, 5.74) is 1.88. The first-order valence-corrected chi connectivity index (χ1v) is 12.8. The molecule has 0 atom stereocenters. The van der Waals surface area contributed by atoms with Gasteiger partial charge >= 0.3 is 6.18 Å². The number of rotatable bonds is 6. The van der Waals surface area contributed by atoms with E-state index in [4.69, 9.17) is 14.8 Å². The largest absolute Gasteiger partial charge is 0.416 e. The Hall–Kier alpha value is -3.38. The Bertz CT molecular complexity index is 1310. The van der Waals surface area contributed by atoms with Crippen molar-refractivity contribution in [1.29, 1.82) is 0 Å². The number of hydrogen-bond acceptors (Lipinski definition) is 7. The first-order valence-electron chi connectivity index (χ1n) is 12.8. The SMILES string of the molecule is Cc1nc2c(N=CN(C)C)cc(N3CCOCC3)nn2c1Nc1cccc(C(F)(F)F)c1C1CCNCC1. The third-order valence-electron chi connectivity index (χ3n) is 6.90. The predicted octanol–water partition coefficient (Wildman–Crippen LogP) is 4.33. The van der Waals surface area contributed by atoms with Crippen LogP contribution in [0, 0.1) is 6.92 Å². The molecule has 0 radical (unpaired) electrons. The molecule has 5 rings (SSSR count). The van der Waals surface area contributed by atoms with Crippen molar-refractivity contribution < 1.29 is 17.9 Å². The van der Waals surface area contributed by atoms with Crippen molar-refractivity contribution >= 4 is 35.0 Å². The quantitative estimate of drug-likeness (QED) is 0.363. The van der Waals surface area contributed by atoms with Gasteiger partial charge in [-0.25, -0.2) is 9.98 Å². The summed E-state index contributed by atoms with van der Waals surface area (Å²) < 4.78 is 49.6. The highest BCUT2D eigenvalue weighted by Gasteiger charge is 2.37. The Morgan fingerprint density at radius 2 is 1.92 bits per heavy atom. The van der Waals surface area contributed by atoms with E-state index in [9.17, 15) is 13.2 Å². The molecule has 2 N–H and O–H groups in total. The van der Waals surface area contributed by atoms with Gasteiger partial charge in [0.1, 0.15) is 5.69 Å². The van der Waals surface area contributed by atoms with Gasteiger partial charge < -0.3 is 25.2 Å². The van der Waals surface area contributed by atoms with E-state index in [1.54, 1.807) is 16.9 Å². The molecule has 0 unspecified atom stereocenters.